The summed E-state index contributed by atoms with van der Waals surface area (Å²) in [5.74, 6) is -1.20. The third kappa shape index (κ3) is 3.90. The molecule has 1 N–H and O–H groups in total. The number of aromatic nitrogens is 2. The average molecular weight is 309 g/mol. The lowest BCUT2D eigenvalue weighted by Gasteiger charge is -2.16. The Bertz CT molecular complexity index is 636. The van der Waals surface area contributed by atoms with Gasteiger partial charge in [0.2, 0.25) is 5.88 Å². The van der Waals surface area contributed by atoms with Crippen molar-refractivity contribution in [3.8, 4) is 11.6 Å². The number of carbonyl (C=O) groups is 1. The molecule has 0 fully saturated rings. The van der Waals surface area contributed by atoms with Crippen LogP contribution in [-0.2, 0) is 9.53 Å². The van der Waals surface area contributed by atoms with Gasteiger partial charge in [-0.2, -0.15) is 0 Å². The summed E-state index contributed by atoms with van der Waals surface area (Å²) in [6, 6.07) is 8.27. The van der Waals surface area contributed by atoms with Gasteiger partial charge in [0.15, 0.2) is 0 Å². The molecule has 1 aromatic carbocycles. The first kappa shape index (κ1) is 15.2. The van der Waals surface area contributed by atoms with E-state index in [1.807, 2.05) is 0 Å². The van der Waals surface area contributed by atoms with Crippen LogP contribution in [0.5, 0.6) is 11.6 Å². The van der Waals surface area contributed by atoms with E-state index in [9.17, 15) is 9.90 Å². The van der Waals surface area contributed by atoms with Gasteiger partial charge in [0.05, 0.1) is 6.61 Å². The molecule has 1 heterocycles. The second-order valence-corrected chi connectivity index (χ2v) is 4.55. The normalized spacial score (nSPS) is 11.9. The van der Waals surface area contributed by atoms with Gasteiger partial charge in [-0.05, 0) is 6.07 Å². The summed E-state index contributed by atoms with van der Waals surface area (Å²) < 4.78 is 10.6. The Labute approximate surface area is 126 Å². The zero-order chi connectivity index (χ0) is 15.2. The maximum Gasteiger partial charge on any atom is 0.313 e. The fourth-order valence-corrected chi connectivity index (χ4v) is 1.94. The van der Waals surface area contributed by atoms with Crippen molar-refractivity contribution < 1.29 is 19.4 Å². The van der Waals surface area contributed by atoms with Crippen LogP contribution in [0.3, 0.4) is 0 Å². The summed E-state index contributed by atoms with van der Waals surface area (Å²) in [7, 11) is 1.45. The van der Waals surface area contributed by atoms with Gasteiger partial charge >= 0.3 is 5.97 Å². The number of benzene rings is 1. The highest BCUT2D eigenvalue weighted by molar-refractivity contribution is 6.29. The number of carboxylic acid groups (broad SMARTS) is 1. The summed E-state index contributed by atoms with van der Waals surface area (Å²) >= 11 is 5.77. The monoisotopic (exact) mass is 308 g/mol. The van der Waals surface area contributed by atoms with Crippen LogP contribution in [0, 0.1) is 0 Å². The van der Waals surface area contributed by atoms with E-state index in [0.717, 1.165) is 0 Å². The summed E-state index contributed by atoms with van der Waals surface area (Å²) in [6.45, 7) is 0.0419. The van der Waals surface area contributed by atoms with E-state index >= 15 is 0 Å². The minimum absolute atomic E-state index is 0.0419. The van der Waals surface area contributed by atoms with Crippen molar-refractivity contribution in [2.75, 3.05) is 13.7 Å². The molecule has 0 radical (unpaired) electrons. The largest absolute Gasteiger partial charge is 0.481 e. The third-order valence-electron chi connectivity index (χ3n) is 2.75. The molecule has 21 heavy (non-hydrogen) atoms. The van der Waals surface area contributed by atoms with Crippen molar-refractivity contribution in [2.45, 2.75) is 5.92 Å². The van der Waals surface area contributed by atoms with Crippen molar-refractivity contribution in [3.63, 3.8) is 0 Å². The Morgan fingerprint density at radius 2 is 2.14 bits per heavy atom. The standard InChI is InChI=1S/C14H13ClN2O4/c1-20-7-10(14(18)19)9-4-2-3-5-11(9)21-13-6-12(15)16-8-17-13/h2-6,8,10H,7H2,1H3,(H,18,19). The highest BCUT2D eigenvalue weighted by Gasteiger charge is 2.23. The molecule has 2 rings (SSSR count). The number of methoxy groups -OCH3 is 1. The van der Waals surface area contributed by atoms with Crippen LogP contribution in [-0.4, -0.2) is 34.8 Å². The van der Waals surface area contributed by atoms with E-state index in [-0.39, 0.29) is 17.6 Å². The molecule has 1 aromatic heterocycles. The fourth-order valence-electron chi connectivity index (χ4n) is 1.81. The Morgan fingerprint density at radius 1 is 1.38 bits per heavy atom. The Hall–Kier alpha value is -2.18. The van der Waals surface area contributed by atoms with Gasteiger partial charge in [-0.15, -0.1) is 0 Å². The molecule has 6 nitrogen and oxygen atoms in total. The third-order valence-corrected chi connectivity index (χ3v) is 2.96. The number of hydrogen-bond donors (Lipinski definition) is 1. The SMILES string of the molecule is COCC(C(=O)O)c1ccccc1Oc1cc(Cl)ncn1. The van der Waals surface area contributed by atoms with Gasteiger partial charge in [0.25, 0.3) is 0 Å². The number of halogens is 1. The predicted molar refractivity (Wildman–Crippen MR) is 75.8 cm³/mol. The molecular formula is C14H13ClN2O4. The molecule has 7 heteroatoms. The summed E-state index contributed by atoms with van der Waals surface area (Å²) in [6.07, 6.45) is 1.27. The first-order valence-electron chi connectivity index (χ1n) is 6.08. The predicted octanol–water partition coefficient (Wildman–Crippen LogP) is 2.74. The lowest BCUT2D eigenvalue weighted by molar-refractivity contribution is -0.140. The number of ether oxygens (including phenoxy) is 2. The second kappa shape index (κ2) is 7.01. The summed E-state index contributed by atoms with van der Waals surface area (Å²) in [5, 5.41) is 9.55. The van der Waals surface area contributed by atoms with Crippen molar-refractivity contribution >= 4 is 17.6 Å². The number of hydrogen-bond acceptors (Lipinski definition) is 5. The first-order valence-corrected chi connectivity index (χ1v) is 6.45. The Kier molecular flexibility index (Phi) is 5.08. The van der Waals surface area contributed by atoms with Crippen molar-refractivity contribution in [3.05, 3.63) is 47.4 Å². The van der Waals surface area contributed by atoms with E-state index in [0.29, 0.717) is 11.3 Å². The molecule has 2 aromatic rings. The zero-order valence-electron chi connectivity index (χ0n) is 11.2. The van der Waals surface area contributed by atoms with Crippen LogP contribution >= 0.6 is 11.6 Å². The van der Waals surface area contributed by atoms with Crippen LogP contribution in [0.25, 0.3) is 0 Å². The molecular weight excluding hydrogens is 296 g/mol. The number of para-hydroxylation sites is 1. The van der Waals surface area contributed by atoms with E-state index < -0.39 is 11.9 Å². The number of rotatable bonds is 6. The number of aliphatic carboxylic acids is 1. The molecule has 0 bridgehead atoms. The van der Waals surface area contributed by atoms with Gasteiger partial charge < -0.3 is 14.6 Å². The summed E-state index contributed by atoms with van der Waals surface area (Å²) in [5.41, 5.74) is 0.501. The molecule has 0 aliphatic heterocycles. The van der Waals surface area contributed by atoms with E-state index in [1.54, 1.807) is 24.3 Å². The average Bonchev–Trinajstić information content (AvgIpc) is 2.45. The van der Waals surface area contributed by atoms with E-state index in [2.05, 4.69) is 9.97 Å². The second-order valence-electron chi connectivity index (χ2n) is 4.17. The molecule has 0 aliphatic rings. The van der Waals surface area contributed by atoms with Gasteiger partial charge in [0, 0.05) is 18.7 Å². The van der Waals surface area contributed by atoms with Crippen LogP contribution in [0.2, 0.25) is 5.15 Å². The molecule has 0 saturated heterocycles. The highest BCUT2D eigenvalue weighted by Crippen LogP contribution is 2.30. The highest BCUT2D eigenvalue weighted by atomic mass is 35.5. The maximum atomic E-state index is 11.4. The maximum absolute atomic E-state index is 11.4. The minimum atomic E-state index is -0.992. The lowest BCUT2D eigenvalue weighted by atomic mass is 9.99. The Morgan fingerprint density at radius 3 is 2.81 bits per heavy atom. The quantitative estimate of drug-likeness (QED) is 0.826. The lowest BCUT2D eigenvalue weighted by Crippen LogP contribution is -2.17. The van der Waals surface area contributed by atoms with Crippen molar-refractivity contribution in [1.82, 2.24) is 9.97 Å². The van der Waals surface area contributed by atoms with Gasteiger partial charge in [-0.3, -0.25) is 4.79 Å². The van der Waals surface area contributed by atoms with Gasteiger partial charge in [-0.25, -0.2) is 9.97 Å². The van der Waals surface area contributed by atoms with Crippen molar-refractivity contribution in [1.29, 1.82) is 0 Å². The molecule has 1 unspecified atom stereocenters. The summed E-state index contributed by atoms with van der Waals surface area (Å²) in [4.78, 5) is 19.1. The van der Waals surface area contributed by atoms with Gasteiger partial charge in [-0.1, -0.05) is 29.8 Å². The number of nitrogens with zero attached hydrogens (tertiary/aromatic N) is 2. The molecule has 0 amide bonds. The minimum Gasteiger partial charge on any atom is -0.481 e. The smallest absolute Gasteiger partial charge is 0.313 e. The molecule has 0 aliphatic carbocycles. The van der Waals surface area contributed by atoms with Crippen LogP contribution in [0.15, 0.2) is 36.7 Å². The Balaban J connectivity index is 2.34. The number of carboxylic acids is 1. The first-order chi connectivity index (χ1) is 10.1. The molecule has 0 saturated carbocycles. The van der Waals surface area contributed by atoms with Crippen LogP contribution in [0.4, 0.5) is 0 Å². The topological polar surface area (TPSA) is 81.5 Å². The van der Waals surface area contributed by atoms with Gasteiger partial charge in [0.1, 0.15) is 23.1 Å². The van der Waals surface area contributed by atoms with E-state index in [4.69, 9.17) is 21.1 Å². The zero-order valence-corrected chi connectivity index (χ0v) is 11.9. The van der Waals surface area contributed by atoms with E-state index in [1.165, 1.54) is 19.5 Å². The molecule has 1 atom stereocenters. The molecule has 0 spiro atoms. The fraction of sp³-hybridized carbons (Fsp3) is 0.214. The molecule has 110 valence electrons. The van der Waals surface area contributed by atoms with Crippen molar-refractivity contribution in [2.24, 2.45) is 0 Å². The van der Waals surface area contributed by atoms with Crippen LogP contribution in [0.1, 0.15) is 11.5 Å². The van der Waals surface area contributed by atoms with Crippen LogP contribution < -0.4 is 4.74 Å².